The van der Waals surface area contributed by atoms with E-state index in [0.717, 1.165) is 38.5 Å². The highest BCUT2D eigenvalue weighted by Crippen LogP contribution is 2.22. The third-order valence-corrected chi connectivity index (χ3v) is 4.04. The van der Waals surface area contributed by atoms with Crippen LogP contribution in [0.4, 0.5) is 0 Å². The lowest BCUT2D eigenvalue weighted by Crippen LogP contribution is -2.30. The second kappa shape index (κ2) is 9.98. The molecular weight excluding hydrogens is 280 g/mol. The van der Waals surface area contributed by atoms with Crippen molar-refractivity contribution in [2.75, 3.05) is 0 Å². The molecule has 0 aromatic rings. The van der Waals surface area contributed by atoms with Gasteiger partial charge in [0.15, 0.2) is 0 Å². The third kappa shape index (κ3) is 8.52. The van der Waals surface area contributed by atoms with Gasteiger partial charge in [-0.05, 0) is 33.6 Å². The molecule has 0 aromatic heterocycles. The van der Waals surface area contributed by atoms with Gasteiger partial charge in [-0.1, -0.05) is 57.8 Å². The topological polar surface area (TPSA) is 52.6 Å². The zero-order valence-corrected chi connectivity index (χ0v) is 14.5. The summed E-state index contributed by atoms with van der Waals surface area (Å²) in [5, 5.41) is 0. The highest BCUT2D eigenvalue weighted by Gasteiger charge is 2.28. The van der Waals surface area contributed by atoms with Gasteiger partial charge in [0.2, 0.25) is 5.78 Å². The molecule has 22 heavy (non-hydrogen) atoms. The quantitative estimate of drug-likeness (QED) is 0.429. The van der Waals surface area contributed by atoms with E-state index in [1.54, 1.807) is 20.8 Å². The van der Waals surface area contributed by atoms with Crippen LogP contribution in [0.5, 0.6) is 0 Å². The lowest BCUT2D eigenvalue weighted by Gasteiger charge is -2.19. The van der Waals surface area contributed by atoms with E-state index in [-0.39, 0.29) is 5.92 Å². The van der Waals surface area contributed by atoms with Crippen molar-refractivity contribution in [2.24, 2.45) is 5.92 Å². The van der Waals surface area contributed by atoms with Gasteiger partial charge in [-0.15, -0.1) is 0 Å². The molecule has 128 valence electrons. The van der Waals surface area contributed by atoms with Crippen molar-refractivity contribution in [3.8, 4) is 0 Å². The smallest absolute Gasteiger partial charge is 0.289 e. The Morgan fingerprint density at radius 2 is 1.18 bits per heavy atom. The zero-order chi connectivity index (χ0) is 16.4. The highest BCUT2D eigenvalue weighted by molar-refractivity contribution is 6.34. The SMILES string of the molecule is CC(C)(C)OOC(=O)C(=O)C1CCCCCCCCCCC1. The molecule has 0 spiro atoms. The molecule has 0 aromatic carbocycles. The molecule has 4 heteroatoms. The van der Waals surface area contributed by atoms with E-state index in [0.29, 0.717) is 0 Å². The van der Waals surface area contributed by atoms with Crippen molar-refractivity contribution in [3.05, 3.63) is 0 Å². The number of ketones is 1. The maximum Gasteiger partial charge on any atom is 0.408 e. The molecule has 1 aliphatic rings. The van der Waals surface area contributed by atoms with Crippen LogP contribution in [0, 0.1) is 5.92 Å². The Morgan fingerprint density at radius 3 is 1.59 bits per heavy atom. The van der Waals surface area contributed by atoms with Gasteiger partial charge in [0, 0.05) is 5.92 Å². The zero-order valence-electron chi connectivity index (χ0n) is 14.5. The van der Waals surface area contributed by atoms with Crippen molar-refractivity contribution in [3.63, 3.8) is 0 Å². The molecule has 0 heterocycles. The van der Waals surface area contributed by atoms with E-state index in [1.165, 1.54) is 32.1 Å². The molecule has 1 saturated carbocycles. The van der Waals surface area contributed by atoms with Gasteiger partial charge >= 0.3 is 5.97 Å². The summed E-state index contributed by atoms with van der Waals surface area (Å²) in [6.45, 7) is 5.34. The van der Waals surface area contributed by atoms with E-state index >= 15 is 0 Å². The second-order valence-electron chi connectivity index (χ2n) is 7.39. The summed E-state index contributed by atoms with van der Waals surface area (Å²) in [6.07, 6.45) is 12.3. The lowest BCUT2D eigenvalue weighted by atomic mass is 9.90. The fourth-order valence-corrected chi connectivity index (χ4v) is 2.80. The van der Waals surface area contributed by atoms with Crippen LogP contribution in [0.25, 0.3) is 0 Å². The van der Waals surface area contributed by atoms with Gasteiger partial charge in [-0.3, -0.25) is 9.68 Å². The number of carbonyl (C=O) groups is 2. The molecule has 4 nitrogen and oxygen atoms in total. The largest absolute Gasteiger partial charge is 0.408 e. The fraction of sp³-hybridized carbons (Fsp3) is 0.889. The number of rotatable bonds is 3. The highest BCUT2D eigenvalue weighted by atomic mass is 17.2. The molecule has 0 unspecified atom stereocenters. The predicted octanol–water partition coefficient (Wildman–Crippen LogP) is 4.75. The van der Waals surface area contributed by atoms with Crippen LogP contribution >= 0.6 is 0 Å². The Hall–Kier alpha value is -0.900. The predicted molar refractivity (Wildman–Crippen MR) is 86.2 cm³/mol. The van der Waals surface area contributed by atoms with Gasteiger partial charge in [-0.25, -0.2) is 4.79 Å². The van der Waals surface area contributed by atoms with Crippen LogP contribution in [-0.2, 0) is 19.4 Å². The van der Waals surface area contributed by atoms with E-state index in [1.807, 2.05) is 0 Å². The summed E-state index contributed by atoms with van der Waals surface area (Å²) in [5.41, 5.74) is -0.595. The average molecular weight is 312 g/mol. The summed E-state index contributed by atoms with van der Waals surface area (Å²) < 4.78 is 0. The van der Waals surface area contributed by atoms with E-state index in [9.17, 15) is 9.59 Å². The van der Waals surface area contributed by atoms with Gasteiger partial charge in [0.25, 0.3) is 0 Å². The first kappa shape index (κ1) is 19.1. The average Bonchev–Trinajstić information content (AvgIpc) is 2.44. The summed E-state index contributed by atoms with van der Waals surface area (Å²) in [6, 6.07) is 0. The van der Waals surface area contributed by atoms with Crippen LogP contribution in [0.15, 0.2) is 0 Å². The van der Waals surface area contributed by atoms with Crippen LogP contribution in [0.2, 0.25) is 0 Å². The number of carbonyl (C=O) groups excluding carboxylic acids is 2. The number of Topliss-reactive ketones (excluding diaryl/α,β-unsaturated/α-hetero) is 1. The van der Waals surface area contributed by atoms with Gasteiger partial charge in [0.1, 0.15) is 5.60 Å². The standard InChI is InChI=1S/C18H32O4/c1-18(2,3)22-21-17(20)16(19)15-13-11-9-7-5-4-6-8-10-12-14-15/h15H,4-14H2,1-3H3. The lowest BCUT2D eigenvalue weighted by molar-refractivity contribution is -0.317. The minimum Gasteiger partial charge on any atom is -0.289 e. The first-order chi connectivity index (χ1) is 10.4. The minimum atomic E-state index is -0.841. The van der Waals surface area contributed by atoms with Crippen molar-refractivity contribution in [2.45, 2.75) is 97.0 Å². The fourth-order valence-electron chi connectivity index (χ4n) is 2.80. The van der Waals surface area contributed by atoms with Crippen molar-refractivity contribution in [1.82, 2.24) is 0 Å². The van der Waals surface area contributed by atoms with E-state index in [4.69, 9.17) is 9.78 Å². The Labute approximate surface area is 134 Å². The van der Waals surface area contributed by atoms with Gasteiger partial charge < -0.3 is 0 Å². The molecule has 1 aliphatic carbocycles. The number of hydrogen-bond donors (Lipinski definition) is 0. The maximum atomic E-state index is 12.3. The van der Waals surface area contributed by atoms with Crippen LogP contribution < -0.4 is 0 Å². The molecule has 0 atom stereocenters. The monoisotopic (exact) mass is 312 g/mol. The summed E-state index contributed by atoms with van der Waals surface area (Å²) in [7, 11) is 0. The molecule has 0 N–H and O–H groups in total. The molecule has 1 rings (SSSR count). The Bertz CT molecular complexity index is 331. The van der Waals surface area contributed by atoms with Crippen molar-refractivity contribution >= 4 is 11.8 Å². The summed E-state index contributed by atoms with van der Waals surface area (Å²) >= 11 is 0. The molecule has 0 amide bonds. The Kier molecular flexibility index (Phi) is 8.69. The van der Waals surface area contributed by atoms with Crippen LogP contribution in [0.1, 0.15) is 91.4 Å². The normalized spacial score (nSPS) is 19.8. The molecule has 0 bridgehead atoms. The summed E-state index contributed by atoms with van der Waals surface area (Å²) in [5.74, 6) is -1.45. The molecule has 0 radical (unpaired) electrons. The Morgan fingerprint density at radius 1 is 0.773 bits per heavy atom. The first-order valence-corrected chi connectivity index (χ1v) is 8.84. The maximum absolute atomic E-state index is 12.3. The second-order valence-corrected chi connectivity index (χ2v) is 7.39. The van der Waals surface area contributed by atoms with Crippen molar-refractivity contribution < 1.29 is 19.4 Å². The number of hydrogen-bond acceptors (Lipinski definition) is 4. The Balaban J connectivity index is 2.48. The van der Waals surface area contributed by atoms with Crippen molar-refractivity contribution in [1.29, 1.82) is 0 Å². The minimum absolute atomic E-state index is 0.199. The molecule has 0 aliphatic heterocycles. The molecule has 1 fully saturated rings. The van der Waals surface area contributed by atoms with Crippen LogP contribution in [0.3, 0.4) is 0 Å². The van der Waals surface area contributed by atoms with Crippen LogP contribution in [-0.4, -0.2) is 17.4 Å². The first-order valence-electron chi connectivity index (χ1n) is 8.84. The summed E-state index contributed by atoms with van der Waals surface area (Å²) in [4.78, 5) is 33.8. The van der Waals surface area contributed by atoms with E-state index in [2.05, 4.69) is 0 Å². The van der Waals surface area contributed by atoms with E-state index < -0.39 is 17.4 Å². The van der Waals surface area contributed by atoms with Gasteiger partial charge in [0.05, 0.1) is 0 Å². The van der Waals surface area contributed by atoms with Gasteiger partial charge in [-0.2, -0.15) is 4.89 Å². The third-order valence-electron chi connectivity index (χ3n) is 4.04. The molecular formula is C18H32O4. The molecule has 0 saturated heterocycles.